The molecule has 8 nitrogen and oxygen atoms in total. The highest BCUT2D eigenvalue weighted by atomic mass is 16.3. The molecule has 3 aromatic rings. The molecule has 0 radical (unpaired) electrons. The molecule has 170 valence electrons. The lowest BCUT2D eigenvalue weighted by molar-refractivity contribution is 0.212. The maximum absolute atomic E-state index is 9.98. The van der Waals surface area contributed by atoms with Crippen molar-refractivity contribution < 1.29 is 5.11 Å². The number of hydrogen-bond donors (Lipinski definition) is 3. The van der Waals surface area contributed by atoms with E-state index < -0.39 is 5.54 Å². The number of hydrogen-bond acceptors (Lipinski definition) is 8. The van der Waals surface area contributed by atoms with E-state index in [4.69, 9.17) is 5.73 Å². The minimum absolute atomic E-state index is 0.0221. The van der Waals surface area contributed by atoms with Gasteiger partial charge in [0.05, 0.1) is 23.3 Å². The molecule has 0 spiro atoms. The zero-order valence-corrected chi connectivity index (χ0v) is 19.2. The van der Waals surface area contributed by atoms with Crippen LogP contribution in [0.25, 0.3) is 22.2 Å². The van der Waals surface area contributed by atoms with Crippen LogP contribution in [0.5, 0.6) is 0 Å². The number of aliphatic hydroxyl groups excluding tert-OH is 1. The summed E-state index contributed by atoms with van der Waals surface area (Å²) in [6.45, 7) is 8.43. The van der Waals surface area contributed by atoms with E-state index in [0.29, 0.717) is 17.3 Å². The van der Waals surface area contributed by atoms with Crippen molar-refractivity contribution in [3.63, 3.8) is 0 Å². The van der Waals surface area contributed by atoms with Crippen molar-refractivity contribution in [1.29, 1.82) is 0 Å². The summed E-state index contributed by atoms with van der Waals surface area (Å²) in [5, 5.41) is 13.4. The van der Waals surface area contributed by atoms with Crippen LogP contribution in [-0.2, 0) is 0 Å². The monoisotopic (exact) mass is 435 g/mol. The van der Waals surface area contributed by atoms with Gasteiger partial charge in [-0.1, -0.05) is 26.7 Å². The first kappa shape index (κ1) is 22.2. The number of pyridine rings is 2. The van der Waals surface area contributed by atoms with Crippen LogP contribution in [0.1, 0.15) is 46.5 Å². The number of unbranched alkanes of at least 4 members (excludes halogenated alkanes) is 1. The Labute approximate surface area is 189 Å². The molecular formula is C24H33N7O. The maximum Gasteiger partial charge on any atom is 0.225 e. The molecule has 1 saturated heterocycles. The number of aromatic nitrogens is 4. The Bertz CT molecular complexity index is 1070. The second-order valence-electron chi connectivity index (χ2n) is 9.25. The molecule has 0 bridgehead atoms. The van der Waals surface area contributed by atoms with E-state index in [-0.39, 0.29) is 6.61 Å². The van der Waals surface area contributed by atoms with Gasteiger partial charge in [0.2, 0.25) is 5.95 Å². The fourth-order valence-corrected chi connectivity index (χ4v) is 4.21. The van der Waals surface area contributed by atoms with Gasteiger partial charge < -0.3 is 21.1 Å². The quantitative estimate of drug-likeness (QED) is 0.489. The minimum Gasteiger partial charge on any atom is -0.394 e. The Kier molecular flexibility index (Phi) is 6.41. The van der Waals surface area contributed by atoms with Gasteiger partial charge in [-0.2, -0.15) is 0 Å². The Morgan fingerprint density at radius 2 is 1.94 bits per heavy atom. The summed E-state index contributed by atoms with van der Waals surface area (Å²) >= 11 is 0. The lowest BCUT2D eigenvalue weighted by Crippen LogP contribution is -2.38. The molecule has 1 unspecified atom stereocenters. The summed E-state index contributed by atoms with van der Waals surface area (Å²) in [6, 6.07) is 3.74. The Morgan fingerprint density at radius 3 is 2.59 bits per heavy atom. The molecular weight excluding hydrogens is 402 g/mol. The van der Waals surface area contributed by atoms with Gasteiger partial charge in [-0.3, -0.25) is 4.98 Å². The molecule has 0 saturated carbocycles. The highest BCUT2D eigenvalue weighted by Gasteiger charge is 2.24. The van der Waals surface area contributed by atoms with E-state index in [9.17, 15) is 5.11 Å². The van der Waals surface area contributed by atoms with E-state index in [2.05, 4.69) is 44.0 Å². The third kappa shape index (κ3) is 4.75. The van der Waals surface area contributed by atoms with E-state index in [1.165, 1.54) is 6.42 Å². The van der Waals surface area contributed by atoms with Crippen LogP contribution in [-0.4, -0.2) is 50.3 Å². The number of rotatable bonds is 8. The highest BCUT2D eigenvalue weighted by molar-refractivity contribution is 5.91. The predicted molar refractivity (Wildman–Crippen MR) is 130 cm³/mol. The molecule has 32 heavy (non-hydrogen) atoms. The van der Waals surface area contributed by atoms with Crippen molar-refractivity contribution in [1.82, 2.24) is 19.9 Å². The summed E-state index contributed by atoms with van der Waals surface area (Å²) in [4.78, 5) is 20.6. The third-order valence-corrected chi connectivity index (χ3v) is 6.21. The van der Waals surface area contributed by atoms with Crippen LogP contribution in [0.4, 0.5) is 17.5 Å². The lowest BCUT2D eigenvalue weighted by Gasteiger charge is -2.30. The van der Waals surface area contributed by atoms with Gasteiger partial charge in [-0.05, 0) is 31.7 Å². The van der Waals surface area contributed by atoms with Crippen molar-refractivity contribution in [2.75, 3.05) is 35.6 Å². The van der Waals surface area contributed by atoms with E-state index in [1.54, 1.807) is 6.07 Å². The summed E-state index contributed by atoms with van der Waals surface area (Å²) in [5.74, 6) is 1.86. The molecule has 1 fully saturated rings. The summed E-state index contributed by atoms with van der Waals surface area (Å²) in [7, 11) is 0. The molecule has 4 rings (SSSR count). The SMILES string of the molecule is CCCC[C@](C)(CO)Nc1cc(N)nc2cc(-c3cnc(N4CCC(C)C4)nc3)cnc12. The molecule has 4 heterocycles. The predicted octanol–water partition coefficient (Wildman–Crippen LogP) is 3.87. The van der Waals surface area contributed by atoms with Gasteiger partial charge >= 0.3 is 0 Å². The fraction of sp³-hybridized carbons (Fsp3) is 0.500. The molecule has 1 aliphatic heterocycles. The third-order valence-electron chi connectivity index (χ3n) is 6.21. The van der Waals surface area contributed by atoms with E-state index in [0.717, 1.165) is 60.6 Å². The minimum atomic E-state index is -0.451. The van der Waals surface area contributed by atoms with Crippen molar-refractivity contribution in [2.24, 2.45) is 5.92 Å². The largest absolute Gasteiger partial charge is 0.394 e. The van der Waals surface area contributed by atoms with Gasteiger partial charge in [-0.15, -0.1) is 0 Å². The Hall–Kier alpha value is -3.00. The van der Waals surface area contributed by atoms with E-state index in [1.807, 2.05) is 31.6 Å². The smallest absolute Gasteiger partial charge is 0.225 e. The lowest BCUT2D eigenvalue weighted by atomic mass is 9.95. The standard InChI is InChI=1S/C24H33N7O/c1-4-5-7-24(3,15-32)30-20-10-21(25)29-19-9-17(11-26-22(19)20)18-12-27-23(28-13-18)31-8-6-16(2)14-31/h9-13,16,32H,4-8,14-15H2,1-3H3,(H3,25,29,30)/t16?,24-/m1/s1. The van der Waals surface area contributed by atoms with Gasteiger partial charge in [-0.25, -0.2) is 15.0 Å². The molecule has 0 amide bonds. The van der Waals surface area contributed by atoms with Crippen molar-refractivity contribution >= 4 is 28.5 Å². The molecule has 2 atom stereocenters. The van der Waals surface area contributed by atoms with Crippen LogP contribution < -0.4 is 16.0 Å². The van der Waals surface area contributed by atoms with Gasteiger partial charge in [0.1, 0.15) is 11.3 Å². The summed E-state index contributed by atoms with van der Waals surface area (Å²) < 4.78 is 0. The molecule has 1 aliphatic rings. The zero-order valence-electron chi connectivity index (χ0n) is 19.2. The van der Waals surface area contributed by atoms with Crippen molar-refractivity contribution in [3.05, 3.63) is 30.7 Å². The topological polar surface area (TPSA) is 113 Å². The number of nitrogen functional groups attached to an aromatic ring is 1. The summed E-state index contributed by atoms with van der Waals surface area (Å²) in [6.07, 6.45) is 9.60. The van der Waals surface area contributed by atoms with Crippen LogP contribution >= 0.6 is 0 Å². The number of aliphatic hydroxyl groups is 1. The number of nitrogens with one attached hydrogen (secondary N) is 1. The average molecular weight is 436 g/mol. The number of nitrogens with two attached hydrogens (primary N) is 1. The molecule has 3 aromatic heterocycles. The molecule has 4 N–H and O–H groups in total. The van der Waals surface area contributed by atoms with E-state index >= 15 is 0 Å². The van der Waals surface area contributed by atoms with Crippen molar-refractivity contribution in [2.45, 2.75) is 52.0 Å². The average Bonchev–Trinajstić information content (AvgIpc) is 3.23. The molecule has 0 aliphatic carbocycles. The van der Waals surface area contributed by atoms with Gasteiger partial charge in [0, 0.05) is 48.9 Å². The first-order chi connectivity index (χ1) is 15.4. The summed E-state index contributed by atoms with van der Waals surface area (Å²) in [5.41, 5.74) is 9.62. The fourth-order valence-electron chi connectivity index (χ4n) is 4.21. The number of nitrogens with zero attached hydrogens (tertiary/aromatic N) is 5. The van der Waals surface area contributed by atoms with Gasteiger partial charge in [0.25, 0.3) is 0 Å². The van der Waals surface area contributed by atoms with Crippen LogP contribution in [0.3, 0.4) is 0 Å². The molecule has 0 aromatic carbocycles. The van der Waals surface area contributed by atoms with Crippen LogP contribution in [0.15, 0.2) is 30.7 Å². The maximum atomic E-state index is 9.98. The normalized spacial score (nSPS) is 18.1. The molecule has 8 heteroatoms. The van der Waals surface area contributed by atoms with Gasteiger partial charge in [0.15, 0.2) is 0 Å². The van der Waals surface area contributed by atoms with Crippen LogP contribution in [0.2, 0.25) is 0 Å². The number of anilines is 3. The van der Waals surface area contributed by atoms with Crippen molar-refractivity contribution in [3.8, 4) is 11.1 Å². The Balaban J connectivity index is 1.62. The highest BCUT2D eigenvalue weighted by Crippen LogP contribution is 2.30. The second kappa shape index (κ2) is 9.24. The number of fused-ring (bicyclic) bond motifs is 1. The first-order valence-corrected chi connectivity index (χ1v) is 11.4. The zero-order chi connectivity index (χ0) is 22.7. The first-order valence-electron chi connectivity index (χ1n) is 11.4. The second-order valence-corrected chi connectivity index (χ2v) is 9.25. The van der Waals surface area contributed by atoms with Crippen LogP contribution in [0, 0.1) is 5.92 Å². The Morgan fingerprint density at radius 1 is 1.19 bits per heavy atom.